The van der Waals surface area contributed by atoms with Crippen LogP contribution in [0.4, 0.5) is 24.7 Å². The lowest BCUT2D eigenvalue weighted by Gasteiger charge is -2.11. The molecule has 33 heavy (non-hydrogen) atoms. The van der Waals surface area contributed by atoms with Crippen molar-refractivity contribution in [3.05, 3.63) is 70.6 Å². The van der Waals surface area contributed by atoms with E-state index in [1.165, 1.54) is 52.3 Å². The van der Waals surface area contributed by atoms with Gasteiger partial charge >= 0.3 is 6.18 Å². The average Bonchev–Trinajstić information content (AvgIpc) is 3.41. The third kappa shape index (κ3) is 3.79. The Kier molecular flexibility index (Phi) is 5.03. The summed E-state index contributed by atoms with van der Waals surface area (Å²) in [6.07, 6.45) is -4.51. The second-order valence-corrected chi connectivity index (χ2v) is 10.1. The Morgan fingerprint density at radius 1 is 1.06 bits per heavy atom. The van der Waals surface area contributed by atoms with Gasteiger partial charge in [0, 0.05) is 10.7 Å². The van der Waals surface area contributed by atoms with E-state index in [1.807, 2.05) is 0 Å². The molecule has 1 N–H and O–H groups in total. The highest BCUT2D eigenvalue weighted by Crippen LogP contribution is 2.35. The summed E-state index contributed by atoms with van der Waals surface area (Å²) >= 11 is 7.21. The Morgan fingerprint density at radius 3 is 2.61 bits per heavy atom. The molecule has 0 aliphatic heterocycles. The smallest absolute Gasteiger partial charge is 0.339 e. The second kappa shape index (κ2) is 7.68. The number of hydrogen-bond donors (Lipinski definition) is 1. The highest BCUT2D eigenvalue weighted by Gasteiger charge is 2.31. The Hall–Kier alpha value is -3.22. The summed E-state index contributed by atoms with van der Waals surface area (Å²) < 4.78 is 67.6. The van der Waals surface area contributed by atoms with Crippen molar-refractivity contribution in [1.29, 1.82) is 0 Å². The lowest BCUT2D eigenvalue weighted by atomic mass is 10.2. The van der Waals surface area contributed by atoms with Gasteiger partial charge in [-0.3, -0.25) is 0 Å². The van der Waals surface area contributed by atoms with Gasteiger partial charge in [-0.15, -0.1) is 16.4 Å². The first-order valence-electron chi connectivity index (χ1n) is 9.22. The number of sulfone groups is 1. The van der Waals surface area contributed by atoms with Crippen LogP contribution in [0.1, 0.15) is 5.56 Å². The minimum Gasteiger partial charge on any atom is -0.339 e. The molecule has 0 saturated heterocycles. The maximum absolute atomic E-state index is 13.2. The van der Waals surface area contributed by atoms with Crippen LogP contribution in [0.3, 0.4) is 0 Å². The number of fused-ring (bicyclic) bond motifs is 3. The fraction of sp³-hybridized carbons (Fsp3) is 0.0500. The lowest BCUT2D eigenvalue weighted by Crippen LogP contribution is -2.06. The summed E-state index contributed by atoms with van der Waals surface area (Å²) in [5, 5.41) is 12.2. The first-order chi connectivity index (χ1) is 15.6. The molecular formula is C20H11ClF3N5O2S2. The van der Waals surface area contributed by atoms with Crippen LogP contribution in [-0.2, 0) is 16.0 Å². The predicted molar refractivity (Wildman–Crippen MR) is 118 cm³/mol. The molecule has 0 fully saturated rings. The topological polar surface area (TPSA) is 89.2 Å². The van der Waals surface area contributed by atoms with Gasteiger partial charge in [0.1, 0.15) is 0 Å². The number of anilines is 2. The van der Waals surface area contributed by atoms with E-state index in [-0.39, 0.29) is 27.1 Å². The van der Waals surface area contributed by atoms with Crippen LogP contribution in [0.25, 0.3) is 15.9 Å². The first kappa shape index (κ1) is 21.6. The average molecular weight is 510 g/mol. The summed E-state index contributed by atoms with van der Waals surface area (Å²) in [5.74, 6) is 0.177. The zero-order valence-corrected chi connectivity index (χ0v) is 18.6. The molecule has 0 saturated carbocycles. The predicted octanol–water partition coefficient (Wildman–Crippen LogP) is 5.59. The van der Waals surface area contributed by atoms with E-state index in [4.69, 9.17) is 11.6 Å². The Labute approximate surface area is 193 Å². The molecule has 0 unspecified atom stereocenters. The largest absolute Gasteiger partial charge is 0.416 e. The molecule has 7 nitrogen and oxygen atoms in total. The molecule has 0 amide bonds. The minimum atomic E-state index is -4.51. The summed E-state index contributed by atoms with van der Waals surface area (Å²) in [6, 6.07) is 12.0. The third-order valence-corrected chi connectivity index (χ3v) is 7.53. The molecule has 168 valence electrons. The standard InChI is InChI=1S/C20H11ClF3N5O2S2/c21-12-4-2-6-14(10-12)33(30,31)19-18-26-17(16-15(7-8-32-16)29(18)28-27-19)25-13-5-1-3-11(9-13)20(22,23)24/h1-10H,(H,25,26). The van der Waals surface area contributed by atoms with Crippen LogP contribution < -0.4 is 5.32 Å². The van der Waals surface area contributed by atoms with Gasteiger partial charge in [-0.25, -0.2) is 13.4 Å². The summed E-state index contributed by atoms with van der Waals surface area (Å²) in [7, 11) is -4.13. The molecular weight excluding hydrogens is 499 g/mol. The fourth-order valence-electron chi connectivity index (χ4n) is 3.24. The lowest BCUT2D eigenvalue weighted by molar-refractivity contribution is -0.137. The van der Waals surface area contributed by atoms with Gasteiger partial charge in [-0.1, -0.05) is 28.9 Å². The van der Waals surface area contributed by atoms with Crippen molar-refractivity contribution in [1.82, 2.24) is 19.8 Å². The van der Waals surface area contributed by atoms with Gasteiger partial charge in [0.25, 0.3) is 0 Å². The monoisotopic (exact) mass is 509 g/mol. The van der Waals surface area contributed by atoms with E-state index in [1.54, 1.807) is 11.4 Å². The van der Waals surface area contributed by atoms with Crippen molar-refractivity contribution in [3.63, 3.8) is 0 Å². The maximum Gasteiger partial charge on any atom is 0.416 e. The van der Waals surface area contributed by atoms with E-state index in [0.717, 1.165) is 12.1 Å². The van der Waals surface area contributed by atoms with Crippen molar-refractivity contribution < 1.29 is 21.6 Å². The molecule has 0 aliphatic rings. The highest BCUT2D eigenvalue weighted by atomic mass is 35.5. The van der Waals surface area contributed by atoms with E-state index >= 15 is 0 Å². The number of rotatable bonds is 4. The quantitative estimate of drug-likeness (QED) is 0.340. The molecule has 0 spiro atoms. The zero-order chi connectivity index (χ0) is 23.4. The van der Waals surface area contributed by atoms with E-state index in [0.29, 0.717) is 10.2 Å². The number of halogens is 4. The van der Waals surface area contributed by atoms with E-state index in [2.05, 4.69) is 20.6 Å². The summed E-state index contributed by atoms with van der Waals surface area (Å²) in [6.45, 7) is 0. The molecule has 0 bridgehead atoms. The van der Waals surface area contributed by atoms with Crippen molar-refractivity contribution in [3.8, 4) is 0 Å². The van der Waals surface area contributed by atoms with Crippen LogP contribution in [0.2, 0.25) is 5.02 Å². The third-order valence-electron chi connectivity index (χ3n) is 4.74. The number of thiophene rings is 1. The Morgan fingerprint density at radius 2 is 1.85 bits per heavy atom. The number of aromatic nitrogens is 4. The van der Waals surface area contributed by atoms with Crippen LogP contribution in [0.15, 0.2) is 69.9 Å². The number of alkyl halides is 3. The highest BCUT2D eigenvalue weighted by molar-refractivity contribution is 7.91. The van der Waals surface area contributed by atoms with Gasteiger partial charge < -0.3 is 5.32 Å². The first-order valence-corrected chi connectivity index (χ1v) is 12.0. The van der Waals surface area contributed by atoms with Gasteiger partial charge in [-0.05, 0) is 47.8 Å². The minimum absolute atomic E-state index is 0.0737. The van der Waals surface area contributed by atoms with Crippen LogP contribution in [0.5, 0.6) is 0 Å². The second-order valence-electron chi connectivity index (χ2n) is 6.89. The molecule has 13 heteroatoms. The number of benzene rings is 2. The number of nitrogens with one attached hydrogen (secondary N) is 1. The van der Waals surface area contributed by atoms with Gasteiger partial charge in [0.05, 0.1) is 20.7 Å². The molecule has 2 aromatic carbocycles. The molecule has 3 heterocycles. The molecule has 3 aromatic heterocycles. The van der Waals surface area contributed by atoms with Gasteiger partial charge in [-0.2, -0.15) is 17.7 Å². The van der Waals surface area contributed by atoms with Crippen molar-refractivity contribution in [2.24, 2.45) is 0 Å². The van der Waals surface area contributed by atoms with Crippen LogP contribution >= 0.6 is 22.9 Å². The van der Waals surface area contributed by atoms with E-state index in [9.17, 15) is 21.6 Å². The molecule has 5 aromatic rings. The van der Waals surface area contributed by atoms with Crippen molar-refractivity contribution in [2.45, 2.75) is 16.1 Å². The zero-order valence-electron chi connectivity index (χ0n) is 16.2. The van der Waals surface area contributed by atoms with Gasteiger partial charge in [0.15, 0.2) is 11.5 Å². The Balaban J connectivity index is 1.68. The normalized spacial score (nSPS) is 12.5. The SMILES string of the molecule is O=S(=O)(c1cccc(Cl)c1)c1nnn2c1nc(Nc1cccc(C(F)(F)F)c1)c1sccc12. The maximum atomic E-state index is 13.2. The molecule has 0 radical (unpaired) electrons. The molecule has 0 aliphatic carbocycles. The summed E-state index contributed by atoms with van der Waals surface area (Å²) in [4.78, 5) is 4.29. The number of nitrogens with zero attached hydrogens (tertiary/aromatic N) is 4. The molecule has 5 rings (SSSR count). The van der Waals surface area contributed by atoms with Gasteiger partial charge in [0.2, 0.25) is 14.9 Å². The van der Waals surface area contributed by atoms with E-state index < -0.39 is 26.6 Å². The van der Waals surface area contributed by atoms with Crippen molar-refractivity contribution in [2.75, 3.05) is 5.32 Å². The fourth-order valence-corrected chi connectivity index (χ4v) is 5.59. The van der Waals surface area contributed by atoms with Crippen LogP contribution in [0, 0.1) is 0 Å². The van der Waals surface area contributed by atoms with Crippen molar-refractivity contribution >= 4 is 60.1 Å². The Bertz CT molecular complexity index is 1630. The summed E-state index contributed by atoms with van der Waals surface area (Å²) in [5.41, 5.74) is -0.260. The molecule has 0 atom stereocenters. The number of hydrogen-bond acceptors (Lipinski definition) is 7. The van der Waals surface area contributed by atoms with Crippen LogP contribution in [-0.4, -0.2) is 28.2 Å².